The van der Waals surface area contributed by atoms with Gasteiger partial charge in [0.25, 0.3) is 0 Å². The number of aromatic amines is 1. The molecule has 0 amide bonds. The first kappa shape index (κ1) is 25.4. The lowest BCUT2D eigenvalue weighted by Crippen LogP contribution is -1.87. The van der Waals surface area contributed by atoms with Gasteiger partial charge in [-0.25, -0.2) is 4.98 Å². The van der Waals surface area contributed by atoms with Crippen LogP contribution in [0.2, 0.25) is 0 Å². The fraction of sp³-hybridized carbons (Fsp3) is 0.783. The number of halogens is 1. The van der Waals surface area contributed by atoms with Gasteiger partial charge in [0.2, 0.25) is 0 Å². The molecule has 1 N–H and O–H groups in total. The average Bonchev–Trinajstić information content (AvgIpc) is 3.09. The number of aromatic nitrogens is 2. The molecule has 0 aromatic carbocycles. The largest absolute Gasteiger partial charge is 0.342 e. The Morgan fingerprint density at radius 3 is 1.58 bits per heavy atom. The van der Waals surface area contributed by atoms with Crippen LogP contribution >= 0.6 is 17.0 Å². The molecular weight excluding hydrogens is 384 g/mol. The zero-order chi connectivity index (χ0) is 18.0. The first-order valence-corrected chi connectivity index (χ1v) is 11.0. The van der Waals surface area contributed by atoms with Gasteiger partial charge in [-0.05, 0) is 18.9 Å². The van der Waals surface area contributed by atoms with Gasteiger partial charge in [-0.1, -0.05) is 110 Å². The molecule has 0 spiro atoms. The Labute approximate surface area is 173 Å². The molecule has 26 heavy (non-hydrogen) atoms. The smallest absolute Gasteiger partial charge is 0.129 e. The van der Waals surface area contributed by atoms with E-state index in [1.165, 1.54) is 108 Å². The number of rotatable bonds is 18. The van der Waals surface area contributed by atoms with Crippen molar-refractivity contribution in [2.75, 3.05) is 0 Å². The van der Waals surface area contributed by atoms with Gasteiger partial charge in [0, 0.05) is 11.9 Å². The van der Waals surface area contributed by atoms with Gasteiger partial charge in [0.15, 0.2) is 0 Å². The molecule has 0 aliphatic heterocycles. The van der Waals surface area contributed by atoms with Crippen LogP contribution in [0.5, 0.6) is 0 Å². The van der Waals surface area contributed by atoms with Crippen molar-refractivity contribution in [2.24, 2.45) is 0 Å². The molecule has 1 aromatic rings. The molecule has 3 heteroatoms. The van der Waals surface area contributed by atoms with Crippen molar-refractivity contribution >= 4 is 23.1 Å². The van der Waals surface area contributed by atoms with Crippen LogP contribution in [-0.4, -0.2) is 9.97 Å². The number of aryl methyl sites for hydroxylation is 1. The number of nitrogens with one attached hydrogen (secondary N) is 1. The van der Waals surface area contributed by atoms with E-state index < -0.39 is 0 Å². The molecule has 0 bridgehead atoms. The molecule has 0 atom stereocenters. The molecule has 0 aliphatic rings. The van der Waals surface area contributed by atoms with Crippen molar-refractivity contribution in [3.8, 4) is 0 Å². The fourth-order valence-corrected chi connectivity index (χ4v) is 3.47. The van der Waals surface area contributed by atoms with Crippen molar-refractivity contribution in [2.45, 2.75) is 116 Å². The summed E-state index contributed by atoms with van der Waals surface area (Å²) >= 11 is 0. The number of unbranched alkanes of at least 4 members (excludes halogenated alkanes) is 15. The van der Waals surface area contributed by atoms with Crippen LogP contribution in [0.25, 0.3) is 6.08 Å². The zero-order valence-corrected chi connectivity index (χ0v) is 19.0. The summed E-state index contributed by atoms with van der Waals surface area (Å²) < 4.78 is 0. The molecule has 0 aliphatic carbocycles. The second kappa shape index (κ2) is 19.2. The first-order chi connectivity index (χ1) is 12.4. The van der Waals surface area contributed by atoms with Gasteiger partial charge in [-0.3, -0.25) is 0 Å². The predicted molar refractivity (Wildman–Crippen MR) is 122 cm³/mol. The SMILES string of the molecule is Br.C=Cc1ncc(CCCCCCCCCCCCCCCCCC)[nH]1. The minimum Gasteiger partial charge on any atom is -0.342 e. The van der Waals surface area contributed by atoms with Crippen LogP contribution in [0.3, 0.4) is 0 Å². The minimum absolute atomic E-state index is 0. The van der Waals surface area contributed by atoms with Gasteiger partial charge < -0.3 is 4.98 Å². The minimum atomic E-state index is 0. The maximum atomic E-state index is 4.25. The molecule has 1 rings (SSSR count). The van der Waals surface area contributed by atoms with Crippen molar-refractivity contribution in [3.63, 3.8) is 0 Å². The maximum absolute atomic E-state index is 4.25. The van der Waals surface area contributed by atoms with E-state index in [0.717, 1.165) is 12.2 Å². The van der Waals surface area contributed by atoms with E-state index in [2.05, 4.69) is 23.5 Å². The molecule has 1 aromatic heterocycles. The molecule has 2 nitrogen and oxygen atoms in total. The van der Waals surface area contributed by atoms with E-state index in [-0.39, 0.29) is 17.0 Å². The van der Waals surface area contributed by atoms with E-state index in [9.17, 15) is 0 Å². The van der Waals surface area contributed by atoms with Crippen LogP contribution in [0.4, 0.5) is 0 Å². The average molecular weight is 428 g/mol. The van der Waals surface area contributed by atoms with Crippen molar-refractivity contribution in [3.05, 3.63) is 24.3 Å². The maximum Gasteiger partial charge on any atom is 0.129 e. The van der Waals surface area contributed by atoms with Gasteiger partial charge >= 0.3 is 0 Å². The fourth-order valence-electron chi connectivity index (χ4n) is 3.47. The molecule has 0 saturated carbocycles. The van der Waals surface area contributed by atoms with Crippen LogP contribution in [-0.2, 0) is 6.42 Å². The third-order valence-electron chi connectivity index (χ3n) is 5.14. The lowest BCUT2D eigenvalue weighted by Gasteiger charge is -2.03. The summed E-state index contributed by atoms with van der Waals surface area (Å²) in [5, 5.41) is 0. The van der Waals surface area contributed by atoms with Gasteiger partial charge in [-0.15, -0.1) is 17.0 Å². The number of nitrogens with zero attached hydrogens (tertiary/aromatic N) is 1. The van der Waals surface area contributed by atoms with Crippen LogP contribution < -0.4 is 0 Å². The Balaban J connectivity index is 0.00000625. The second-order valence-electron chi connectivity index (χ2n) is 7.55. The summed E-state index contributed by atoms with van der Waals surface area (Å²) in [6, 6.07) is 0. The van der Waals surface area contributed by atoms with E-state index in [4.69, 9.17) is 0 Å². The Bertz CT molecular complexity index is 414. The van der Waals surface area contributed by atoms with Crippen molar-refractivity contribution in [1.29, 1.82) is 0 Å². The van der Waals surface area contributed by atoms with E-state index in [1.807, 2.05) is 6.20 Å². The predicted octanol–water partition coefficient (Wildman–Crippen LogP) is 8.43. The van der Waals surface area contributed by atoms with Crippen LogP contribution in [0, 0.1) is 0 Å². The first-order valence-electron chi connectivity index (χ1n) is 11.0. The van der Waals surface area contributed by atoms with Crippen LogP contribution in [0.1, 0.15) is 121 Å². The van der Waals surface area contributed by atoms with Crippen LogP contribution in [0.15, 0.2) is 12.8 Å². The number of imidazole rings is 1. The lowest BCUT2D eigenvalue weighted by molar-refractivity contribution is 0.529. The molecule has 0 radical (unpaired) electrons. The van der Waals surface area contributed by atoms with E-state index in [1.54, 1.807) is 6.08 Å². The Hall–Kier alpha value is -0.570. The highest BCUT2D eigenvalue weighted by atomic mass is 79.9. The number of hydrogen-bond donors (Lipinski definition) is 1. The lowest BCUT2D eigenvalue weighted by atomic mass is 10.0. The highest BCUT2D eigenvalue weighted by Gasteiger charge is 1.98. The van der Waals surface area contributed by atoms with Gasteiger partial charge in [0.05, 0.1) is 0 Å². The van der Waals surface area contributed by atoms with E-state index in [0.29, 0.717) is 0 Å². The number of hydrogen-bond acceptors (Lipinski definition) is 1. The zero-order valence-electron chi connectivity index (χ0n) is 17.2. The van der Waals surface area contributed by atoms with Crippen molar-refractivity contribution in [1.82, 2.24) is 9.97 Å². The van der Waals surface area contributed by atoms with E-state index >= 15 is 0 Å². The summed E-state index contributed by atoms with van der Waals surface area (Å²) in [4.78, 5) is 7.54. The number of H-pyrrole nitrogens is 1. The summed E-state index contributed by atoms with van der Waals surface area (Å²) in [6.07, 6.45) is 27.6. The molecule has 0 fully saturated rings. The Morgan fingerprint density at radius 1 is 0.769 bits per heavy atom. The summed E-state index contributed by atoms with van der Waals surface area (Å²) in [5.74, 6) is 0.895. The third kappa shape index (κ3) is 14.6. The summed E-state index contributed by atoms with van der Waals surface area (Å²) in [5.41, 5.74) is 1.25. The third-order valence-corrected chi connectivity index (χ3v) is 5.14. The second-order valence-corrected chi connectivity index (χ2v) is 7.55. The quantitative estimate of drug-likeness (QED) is 0.234. The molecule has 0 saturated heterocycles. The Morgan fingerprint density at radius 2 is 1.19 bits per heavy atom. The highest BCUT2D eigenvalue weighted by Crippen LogP contribution is 2.14. The summed E-state index contributed by atoms with van der Waals surface area (Å²) in [6.45, 7) is 6.02. The molecule has 1 heterocycles. The monoisotopic (exact) mass is 426 g/mol. The molecular formula is C23H43BrN2. The van der Waals surface area contributed by atoms with Gasteiger partial charge in [-0.2, -0.15) is 0 Å². The summed E-state index contributed by atoms with van der Waals surface area (Å²) in [7, 11) is 0. The molecule has 152 valence electrons. The van der Waals surface area contributed by atoms with Gasteiger partial charge in [0.1, 0.15) is 5.82 Å². The van der Waals surface area contributed by atoms with Crippen molar-refractivity contribution < 1.29 is 0 Å². The molecule has 0 unspecified atom stereocenters. The highest BCUT2D eigenvalue weighted by molar-refractivity contribution is 8.93. The standard InChI is InChI=1S/C23H42N2.BrH/c1-3-5-6-7-8-9-10-11-12-13-14-15-16-17-18-19-20-22-21-24-23(4-2)25-22;/h4,21H,2-3,5-20H2,1H3,(H,24,25);1H. The topological polar surface area (TPSA) is 28.7 Å². The Kier molecular flexibility index (Phi) is 18.8. The normalized spacial score (nSPS) is 10.7.